The molecule has 0 atom stereocenters. The third kappa shape index (κ3) is 5.88. The molecule has 214 valence electrons. The Bertz CT molecular complexity index is 2120. The van der Waals surface area contributed by atoms with Crippen molar-refractivity contribution < 1.29 is 18.8 Å². The predicted octanol–water partition coefficient (Wildman–Crippen LogP) is 7.55. The van der Waals surface area contributed by atoms with E-state index in [4.69, 9.17) is 18.9 Å². The second-order valence-corrected chi connectivity index (χ2v) is 11.4. The van der Waals surface area contributed by atoms with Gasteiger partial charge in [-0.2, -0.15) is 9.78 Å². The van der Waals surface area contributed by atoms with Gasteiger partial charge in [0.05, 0.1) is 32.7 Å². The van der Waals surface area contributed by atoms with E-state index in [1.807, 2.05) is 36.4 Å². The van der Waals surface area contributed by atoms with Crippen molar-refractivity contribution in [2.24, 2.45) is 5.10 Å². The van der Waals surface area contributed by atoms with Gasteiger partial charge in [-0.25, -0.2) is 4.98 Å². The third-order valence-corrected chi connectivity index (χ3v) is 7.83. The predicted molar refractivity (Wildman–Crippen MR) is 175 cm³/mol. The topological polar surface area (TPSA) is 122 Å². The highest BCUT2D eigenvalue weighted by Gasteiger charge is 2.17. The SMILES string of the molecule is COc1cc(C=Nn2c(-c3cc4cc(Br)ccc4o3)nc3ccccc3c2=O)cc(I)c1OCc1cccc([N+](=O)[O-])c1. The summed E-state index contributed by atoms with van der Waals surface area (Å²) in [5.41, 5.74) is 2.10. The van der Waals surface area contributed by atoms with Crippen LogP contribution in [0.3, 0.4) is 0 Å². The van der Waals surface area contributed by atoms with Crippen molar-refractivity contribution in [1.29, 1.82) is 0 Å². The Kier molecular flexibility index (Phi) is 7.95. The lowest BCUT2D eigenvalue weighted by atomic mass is 10.2. The summed E-state index contributed by atoms with van der Waals surface area (Å²) in [5.74, 6) is 1.56. The van der Waals surface area contributed by atoms with Crippen LogP contribution >= 0.6 is 38.5 Å². The van der Waals surface area contributed by atoms with Crippen LogP contribution in [0, 0.1) is 13.7 Å². The molecule has 0 unspecified atom stereocenters. The first kappa shape index (κ1) is 28.6. The van der Waals surface area contributed by atoms with E-state index in [-0.39, 0.29) is 23.7 Å². The van der Waals surface area contributed by atoms with Gasteiger partial charge in [-0.15, -0.1) is 0 Å². The van der Waals surface area contributed by atoms with Gasteiger partial charge in [0, 0.05) is 22.0 Å². The molecule has 6 aromatic rings. The van der Waals surface area contributed by atoms with Crippen LogP contribution in [-0.4, -0.2) is 27.9 Å². The molecule has 0 bridgehead atoms. The molecule has 0 amide bonds. The first-order valence-corrected chi connectivity index (χ1v) is 14.7. The zero-order valence-corrected chi connectivity index (χ0v) is 26.1. The number of furan rings is 1. The van der Waals surface area contributed by atoms with Crippen LogP contribution in [0.15, 0.2) is 104 Å². The van der Waals surface area contributed by atoms with E-state index in [2.05, 4.69) is 43.6 Å². The molecule has 2 heterocycles. The van der Waals surface area contributed by atoms with Crippen molar-refractivity contribution in [2.45, 2.75) is 6.61 Å². The number of benzene rings is 4. The van der Waals surface area contributed by atoms with E-state index in [0.29, 0.717) is 44.9 Å². The van der Waals surface area contributed by atoms with E-state index in [9.17, 15) is 14.9 Å². The summed E-state index contributed by atoms with van der Waals surface area (Å²) in [6, 6.07) is 24.3. The molecule has 0 radical (unpaired) electrons. The Morgan fingerprint density at radius 3 is 2.74 bits per heavy atom. The fraction of sp³-hybridized carbons (Fsp3) is 0.0645. The number of hydrogen-bond acceptors (Lipinski definition) is 8. The maximum atomic E-state index is 13.6. The van der Waals surface area contributed by atoms with Crippen molar-refractivity contribution in [3.63, 3.8) is 0 Å². The van der Waals surface area contributed by atoms with E-state index in [1.165, 1.54) is 30.1 Å². The van der Waals surface area contributed by atoms with Gasteiger partial charge < -0.3 is 13.9 Å². The van der Waals surface area contributed by atoms with Gasteiger partial charge in [0.25, 0.3) is 11.2 Å². The van der Waals surface area contributed by atoms with Gasteiger partial charge in [-0.3, -0.25) is 14.9 Å². The number of halogens is 2. The summed E-state index contributed by atoms with van der Waals surface area (Å²) in [4.78, 5) is 29.0. The Labute approximate surface area is 266 Å². The van der Waals surface area contributed by atoms with Gasteiger partial charge in [0.1, 0.15) is 12.2 Å². The molecular formula is C31H20BrIN4O6. The first-order valence-electron chi connectivity index (χ1n) is 12.8. The number of nitro groups is 1. The summed E-state index contributed by atoms with van der Waals surface area (Å²) >= 11 is 5.60. The van der Waals surface area contributed by atoms with Gasteiger partial charge in [0.2, 0.25) is 5.82 Å². The van der Waals surface area contributed by atoms with E-state index < -0.39 is 4.92 Å². The quantitative estimate of drug-likeness (QED) is 0.0682. The molecule has 10 nitrogen and oxygen atoms in total. The highest BCUT2D eigenvalue weighted by Crippen LogP contribution is 2.35. The lowest BCUT2D eigenvalue weighted by Crippen LogP contribution is -2.20. The Balaban J connectivity index is 1.37. The minimum absolute atomic E-state index is 0.0115. The average Bonchev–Trinajstić information content (AvgIpc) is 3.43. The molecule has 6 rings (SSSR count). The average molecular weight is 751 g/mol. The highest BCUT2D eigenvalue weighted by molar-refractivity contribution is 14.1. The Morgan fingerprint density at radius 2 is 1.93 bits per heavy atom. The third-order valence-electron chi connectivity index (χ3n) is 6.53. The molecule has 0 fully saturated rings. The molecule has 43 heavy (non-hydrogen) atoms. The largest absolute Gasteiger partial charge is 0.493 e. The number of rotatable bonds is 8. The maximum absolute atomic E-state index is 13.6. The van der Waals surface area contributed by atoms with Gasteiger partial charge in [-0.05, 0) is 82.2 Å². The van der Waals surface area contributed by atoms with E-state index in [1.54, 1.807) is 36.4 Å². The number of nitro benzene ring substituents is 1. The summed E-state index contributed by atoms with van der Waals surface area (Å²) in [6.07, 6.45) is 1.54. The Hall–Kier alpha value is -4.56. The first-order chi connectivity index (χ1) is 20.8. The normalized spacial score (nSPS) is 11.4. The van der Waals surface area contributed by atoms with Crippen LogP contribution in [0.1, 0.15) is 11.1 Å². The van der Waals surface area contributed by atoms with Gasteiger partial charge in [0.15, 0.2) is 17.3 Å². The molecule has 2 aromatic heterocycles. The van der Waals surface area contributed by atoms with E-state index >= 15 is 0 Å². The molecule has 0 saturated heterocycles. The van der Waals surface area contributed by atoms with E-state index in [0.717, 1.165) is 13.4 Å². The van der Waals surface area contributed by atoms with Crippen LogP contribution in [0.25, 0.3) is 33.5 Å². The summed E-state index contributed by atoms with van der Waals surface area (Å²) in [5, 5.41) is 16.9. The minimum atomic E-state index is -0.447. The number of non-ortho nitro benzene ring substituents is 1. The van der Waals surface area contributed by atoms with Crippen molar-refractivity contribution >= 4 is 72.3 Å². The molecule has 0 spiro atoms. The molecule has 4 aromatic carbocycles. The summed E-state index contributed by atoms with van der Waals surface area (Å²) in [6.45, 7) is 0.108. The van der Waals surface area contributed by atoms with Crippen LogP contribution in [0.5, 0.6) is 11.5 Å². The number of nitrogens with zero attached hydrogens (tertiary/aromatic N) is 4. The fourth-order valence-electron chi connectivity index (χ4n) is 4.51. The smallest absolute Gasteiger partial charge is 0.282 e. The second kappa shape index (κ2) is 12.0. The second-order valence-electron chi connectivity index (χ2n) is 9.36. The van der Waals surface area contributed by atoms with Crippen molar-refractivity contribution in [2.75, 3.05) is 7.11 Å². The number of ether oxygens (including phenoxy) is 2. The lowest BCUT2D eigenvalue weighted by molar-refractivity contribution is -0.384. The van der Waals surface area contributed by atoms with Gasteiger partial charge in [-0.1, -0.05) is 40.2 Å². The summed E-state index contributed by atoms with van der Waals surface area (Å²) in [7, 11) is 1.52. The molecule has 0 aliphatic carbocycles. The van der Waals surface area contributed by atoms with Crippen molar-refractivity contribution in [3.05, 3.63) is 125 Å². The summed E-state index contributed by atoms with van der Waals surface area (Å²) < 4.78 is 20.5. The maximum Gasteiger partial charge on any atom is 0.282 e. The zero-order chi connectivity index (χ0) is 30.1. The number of fused-ring (bicyclic) bond motifs is 2. The van der Waals surface area contributed by atoms with Crippen molar-refractivity contribution in [3.8, 4) is 23.1 Å². The standard InChI is InChI=1S/C31H20BrIN4O6/c1-41-27-13-19(12-24(33)29(27)42-17-18-5-4-6-22(11-18)37(39)40)16-34-36-30(35-25-8-3-2-7-23(25)31(36)38)28-15-20-14-21(32)9-10-26(20)43-28/h2-16H,17H2,1H3. The molecular weight excluding hydrogens is 731 g/mol. The number of methoxy groups -OCH3 is 1. The number of aromatic nitrogens is 2. The van der Waals surface area contributed by atoms with Crippen LogP contribution in [0.4, 0.5) is 5.69 Å². The van der Waals surface area contributed by atoms with Crippen LogP contribution < -0.4 is 15.0 Å². The Morgan fingerprint density at radius 1 is 1.09 bits per heavy atom. The molecule has 12 heteroatoms. The zero-order valence-electron chi connectivity index (χ0n) is 22.4. The van der Waals surface area contributed by atoms with Crippen LogP contribution in [0.2, 0.25) is 0 Å². The molecule has 0 aliphatic heterocycles. The van der Waals surface area contributed by atoms with Crippen LogP contribution in [-0.2, 0) is 6.61 Å². The monoisotopic (exact) mass is 750 g/mol. The highest BCUT2D eigenvalue weighted by atomic mass is 127. The number of para-hydroxylation sites is 1. The number of hydrogen-bond donors (Lipinski definition) is 0. The van der Waals surface area contributed by atoms with Crippen molar-refractivity contribution in [1.82, 2.24) is 9.66 Å². The lowest BCUT2D eigenvalue weighted by Gasteiger charge is -2.14. The molecule has 0 saturated carbocycles. The minimum Gasteiger partial charge on any atom is -0.493 e. The fourth-order valence-corrected chi connectivity index (χ4v) is 5.67. The van der Waals surface area contributed by atoms with Gasteiger partial charge >= 0.3 is 0 Å². The molecule has 0 aliphatic rings. The molecule has 0 N–H and O–H groups in total.